The summed E-state index contributed by atoms with van der Waals surface area (Å²) in [6.07, 6.45) is 3.72. The quantitative estimate of drug-likeness (QED) is 0.478. The van der Waals surface area contributed by atoms with Gasteiger partial charge in [0.15, 0.2) is 0 Å². The second kappa shape index (κ2) is 8.78. The Kier molecular flexibility index (Phi) is 6.73. The van der Waals surface area contributed by atoms with Crippen molar-refractivity contribution in [1.29, 1.82) is 0 Å². The Hall–Kier alpha value is -2.18. The zero-order valence-corrected chi connectivity index (χ0v) is 16.4. The molecule has 0 saturated heterocycles. The van der Waals surface area contributed by atoms with Gasteiger partial charge in [0.1, 0.15) is 0 Å². The molecule has 25 heavy (non-hydrogen) atoms. The van der Waals surface area contributed by atoms with E-state index in [9.17, 15) is 9.59 Å². The fraction of sp³-hybridized carbons (Fsp3) is 0.0526. The van der Waals surface area contributed by atoms with E-state index in [4.69, 9.17) is 5.11 Å². The molecular formula is C19H14Br2O4. The van der Waals surface area contributed by atoms with Crippen molar-refractivity contribution in [3.8, 4) is 0 Å². The lowest BCUT2D eigenvalue weighted by molar-refractivity contribution is 0.0599. The van der Waals surface area contributed by atoms with Crippen LogP contribution in [0.4, 0.5) is 0 Å². The number of methoxy groups -OCH3 is 1. The number of ether oxygens (including phenoxy) is 1. The number of carboxylic acids is 1. The second-order valence-corrected chi connectivity index (χ2v) is 6.69. The summed E-state index contributed by atoms with van der Waals surface area (Å²) >= 11 is 6.97. The monoisotopic (exact) mass is 464 g/mol. The first kappa shape index (κ1) is 19.1. The first-order valence-electron chi connectivity index (χ1n) is 7.18. The lowest BCUT2D eigenvalue weighted by Gasteiger charge is -2.03. The predicted octanol–water partition coefficient (Wildman–Crippen LogP) is 5.34. The first-order valence-corrected chi connectivity index (χ1v) is 8.76. The molecular weight excluding hydrogens is 452 g/mol. The number of esters is 1. The summed E-state index contributed by atoms with van der Waals surface area (Å²) in [5, 5.41) is 8.92. The smallest absolute Gasteiger partial charge is 0.337 e. The molecule has 0 unspecified atom stereocenters. The van der Waals surface area contributed by atoms with Crippen LogP contribution in [0.3, 0.4) is 0 Å². The predicted molar refractivity (Wildman–Crippen MR) is 105 cm³/mol. The van der Waals surface area contributed by atoms with Gasteiger partial charge in [-0.15, -0.1) is 0 Å². The van der Waals surface area contributed by atoms with Crippen molar-refractivity contribution in [3.05, 3.63) is 82.9 Å². The molecule has 0 spiro atoms. The molecule has 128 valence electrons. The third-order valence-corrected chi connectivity index (χ3v) is 4.81. The van der Waals surface area contributed by atoms with Crippen LogP contribution >= 0.6 is 31.9 Å². The van der Waals surface area contributed by atoms with Gasteiger partial charge in [0.05, 0.1) is 18.2 Å². The lowest BCUT2D eigenvalue weighted by atomic mass is 10.1. The highest BCUT2D eigenvalue weighted by Gasteiger charge is 2.06. The topological polar surface area (TPSA) is 63.6 Å². The Morgan fingerprint density at radius 3 is 1.52 bits per heavy atom. The zero-order chi connectivity index (χ0) is 18.4. The van der Waals surface area contributed by atoms with Gasteiger partial charge in [-0.2, -0.15) is 0 Å². The molecule has 1 N–H and O–H groups in total. The van der Waals surface area contributed by atoms with Crippen molar-refractivity contribution in [1.82, 2.24) is 0 Å². The van der Waals surface area contributed by atoms with Gasteiger partial charge < -0.3 is 9.84 Å². The molecule has 0 amide bonds. The van der Waals surface area contributed by atoms with Crippen LogP contribution in [0.2, 0.25) is 0 Å². The molecule has 4 nitrogen and oxygen atoms in total. The van der Waals surface area contributed by atoms with Crippen molar-refractivity contribution in [2.45, 2.75) is 0 Å². The maximum Gasteiger partial charge on any atom is 0.337 e. The minimum Gasteiger partial charge on any atom is -0.478 e. The summed E-state index contributed by atoms with van der Waals surface area (Å²) in [6.45, 7) is 0. The number of hydrogen-bond acceptors (Lipinski definition) is 3. The molecule has 0 bridgehead atoms. The van der Waals surface area contributed by atoms with Crippen LogP contribution in [-0.2, 0) is 4.74 Å². The van der Waals surface area contributed by atoms with Crippen LogP contribution in [-0.4, -0.2) is 24.2 Å². The van der Waals surface area contributed by atoms with E-state index in [1.165, 1.54) is 7.11 Å². The van der Waals surface area contributed by atoms with Crippen LogP contribution in [0.15, 0.2) is 60.7 Å². The molecule has 0 aliphatic rings. The van der Waals surface area contributed by atoms with Gasteiger partial charge in [-0.1, -0.05) is 56.1 Å². The minimum atomic E-state index is -0.954. The van der Waals surface area contributed by atoms with E-state index >= 15 is 0 Å². The second-order valence-electron chi connectivity index (χ2n) is 4.98. The molecule has 0 aromatic heterocycles. The van der Waals surface area contributed by atoms with E-state index in [2.05, 4.69) is 36.6 Å². The lowest BCUT2D eigenvalue weighted by Crippen LogP contribution is -2.00. The Bertz CT molecular complexity index is 835. The fourth-order valence-corrected chi connectivity index (χ4v) is 2.79. The van der Waals surface area contributed by atoms with Gasteiger partial charge in [0.2, 0.25) is 0 Å². The molecule has 0 radical (unpaired) electrons. The van der Waals surface area contributed by atoms with Crippen molar-refractivity contribution in [3.63, 3.8) is 0 Å². The third kappa shape index (κ3) is 5.14. The molecule has 0 fully saturated rings. The van der Waals surface area contributed by atoms with Crippen LogP contribution in [0, 0.1) is 0 Å². The number of hydrogen-bond donors (Lipinski definition) is 1. The normalized spacial score (nSPS) is 12.0. The summed E-state index contributed by atoms with van der Waals surface area (Å²) in [4.78, 5) is 22.3. The van der Waals surface area contributed by atoms with Crippen LogP contribution in [0.5, 0.6) is 0 Å². The molecule has 0 saturated carbocycles. The van der Waals surface area contributed by atoms with E-state index in [1.54, 1.807) is 36.4 Å². The average molecular weight is 466 g/mol. The SMILES string of the molecule is COC(=O)c1ccc(/C(Br)=C\C=C(\Br)c2ccc(C(=O)O)cc2)cc1. The maximum absolute atomic E-state index is 11.4. The van der Waals surface area contributed by atoms with Gasteiger partial charge in [-0.05, 0) is 47.5 Å². The standard InChI is InChI=1S/C19H14Br2O4/c1-25-19(24)15-8-4-13(5-9-15)17(21)11-10-16(20)12-2-6-14(7-3-12)18(22)23/h2-11H,1H3,(H,22,23)/b16-10+,17-11+. The van der Waals surface area contributed by atoms with E-state index in [0.29, 0.717) is 5.56 Å². The number of allylic oxidation sites excluding steroid dienone is 2. The number of carbonyl (C=O) groups is 2. The molecule has 0 aliphatic carbocycles. The summed E-state index contributed by atoms with van der Waals surface area (Å²) in [7, 11) is 1.34. The first-order chi connectivity index (χ1) is 11.9. The molecule has 0 heterocycles. The molecule has 0 aliphatic heterocycles. The molecule has 2 aromatic rings. The van der Waals surface area contributed by atoms with Gasteiger partial charge in [0, 0.05) is 8.96 Å². The highest BCUT2D eigenvalue weighted by atomic mass is 79.9. The molecule has 0 atom stereocenters. The van der Waals surface area contributed by atoms with E-state index in [1.807, 2.05) is 24.3 Å². The average Bonchev–Trinajstić information content (AvgIpc) is 2.65. The third-order valence-electron chi connectivity index (χ3n) is 3.37. The summed E-state index contributed by atoms with van der Waals surface area (Å²) in [5.41, 5.74) is 2.50. The Morgan fingerprint density at radius 1 is 0.800 bits per heavy atom. The maximum atomic E-state index is 11.4. The van der Waals surface area contributed by atoms with Gasteiger partial charge in [0.25, 0.3) is 0 Å². The Labute approximate surface area is 162 Å². The zero-order valence-electron chi connectivity index (χ0n) is 13.2. The molecule has 2 rings (SSSR count). The van der Waals surface area contributed by atoms with E-state index in [0.717, 1.165) is 20.1 Å². The minimum absolute atomic E-state index is 0.242. The number of carboxylic acid groups (broad SMARTS) is 1. The summed E-state index contributed by atoms with van der Waals surface area (Å²) in [5.74, 6) is -1.33. The molecule has 6 heteroatoms. The summed E-state index contributed by atoms with van der Waals surface area (Å²) in [6, 6.07) is 13.6. The highest BCUT2D eigenvalue weighted by molar-refractivity contribution is 9.15. The van der Waals surface area contributed by atoms with Crippen molar-refractivity contribution in [2.75, 3.05) is 7.11 Å². The van der Waals surface area contributed by atoms with Gasteiger partial charge in [-0.25, -0.2) is 9.59 Å². The van der Waals surface area contributed by atoms with Crippen molar-refractivity contribution in [2.24, 2.45) is 0 Å². The van der Waals surface area contributed by atoms with Crippen molar-refractivity contribution < 1.29 is 19.4 Å². The van der Waals surface area contributed by atoms with Crippen LogP contribution < -0.4 is 0 Å². The van der Waals surface area contributed by atoms with E-state index in [-0.39, 0.29) is 11.5 Å². The van der Waals surface area contributed by atoms with Crippen molar-refractivity contribution >= 4 is 52.8 Å². The van der Waals surface area contributed by atoms with Crippen LogP contribution in [0.1, 0.15) is 31.8 Å². The Morgan fingerprint density at radius 2 is 1.16 bits per heavy atom. The summed E-state index contributed by atoms with van der Waals surface area (Å²) < 4.78 is 6.32. The number of rotatable bonds is 5. The Balaban J connectivity index is 2.16. The number of carbonyl (C=O) groups excluding carboxylic acids is 1. The largest absolute Gasteiger partial charge is 0.478 e. The van der Waals surface area contributed by atoms with Gasteiger partial charge in [-0.3, -0.25) is 0 Å². The van der Waals surface area contributed by atoms with E-state index < -0.39 is 5.97 Å². The number of halogens is 2. The fourth-order valence-electron chi connectivity index (χ4n) is 1.99. The van der Waals surface area contributed by atoms with Crippen LogP contribution in [0.25, 0.3) is 8.96 Å². The van der Waals surface area contributed by atoms with Gasteiger partial charge >= 0.3 is 11.9 Å². The molecule has 2 aromatic carbocycles. The number of aromatic carboxylic acids is 1. The number of benzene rings is 2. The highest BCUT2D eigenvalue weighted by Crippen LogP contribution is 2.26.